The van der Waals surface area contributed by atoms with Crippen molar-refractivity contribution >= 4 is 0 Å². The number of benzene rings is 1. The molecule has 0 saturated carbocycles. The first-order valence-electron chi connectivity index (χ1n) is 6.61. The van der Waals surface area contributed by atoms with Crippen LogP contribution in [0.2, 0.25) is 0 Å². The summed E-state index contributed by atoms with van der Waals surface area (Å²) < 4.78 is 13.4. The van der Waals surface area contributed by atoms with E-state index >= 15 is 0 Å². The van der Waals surface area contributed by atoms with Gasteiger partial charge in [-0.25, -0.2) is 4.39 Å². The Kier molecular flexibility index (Phi) is 3.74. The monoisotopic (exact) mass is 251 g/mol. The molecule has 1 saturated heterocycles. The Morgan fingerprint density at radius 3 is 2.39 bits per heavy atom. The zero-order valence-electron chi connectivity index (χ0n) is 11.4. The highest BCUT2D eigenvalue weighted by atomic mass is 19.1. The lowest BCUT2D eigenvalue weighted by Crippen LogP contribution is -2.46. The summed E-state index contributed by atoms with van der Waals surface area (Å²) in [5.74, 6) is -0.277. The maximum Gasteiger partial charge on any atom is 0.123 e. The first-order chi connectivity index (χ1) is 8.41. The fourth-order valence-electron chi connectivity index (χ4n) is 2.80. The predicted octanol–water partition coefficient (Wildman–Crippen LogP) is 3.04. The topological polar surface area (TPSA) is 23.5 Å². The molecule has 18 heavy (non-hydrogen) atoms. The van der Waals surface area contributed by atoms with E-state index in [2.05, 4.69) is 4.90 Å². The number of aliphatic hydroxyl groups excluding tert-OH is 1. The van der Waals surface area contributed by atoms with E-state index in [0.717, 1.165) is 18.7 Å². The molecule has 1 aliphatic rings. The molecule has 0 aromatic heterocycles. The van der Waals surface area contributed by atoms with Gasteiger partial charge in [-0.3, -0.25) is 4.90 Å². The van der Waals surface area contributed by atoms with Crippen LogP contribution in [0.5, 0.6) is 0 Å². The van der Waals surface area contributed by atoms with Crippen molar-refractivity contribution in [2.45, 2.75) is 45.3 Å². The minimum Gasteiger partial charge on any atom is -0.386 e. The Morgan fingerprint density at radius 1 is 1.22 bits per heavy atom. The van der Waals surface area contributed by atoms with Gasteiger partial charge < -0.3 is 5.11 Å². The summed E-state index contributed by atoms with van der Waals surface area (Å²) >= 11 is 0. The third-order valence-electron chi connectivity index (χ3n) is 3.97. The van der Waals surface area contributed by atoms with Gasteiger partial charge in [0.1, 0.15) is 5.82 Å². The maximum absolute atomic E-state index is 13.4. The quantitative estimate of drug-likeness (QED) is 0.892. The van der Waals surface area contributed by atoms with Crippen LogP contribution in [0.4, 0.5) is 4.39 Å². The number of likely N-dealkylation sites (tertiary alicyclic amines) is 1. The fourth-order valence-corrected chi connectivity index (χ4v) is 2.80. The summed E-state index contributed by atoms with van der Waals surface area (Å²) in [6.07, 6.45) is 1.70. The standard InChI is InChI=1S/C15H22FNO/c1-11-8-12(10-13(16)9-11)14(18)15(2,3)17-6-4-5-7-17/h8-10,14,18H,4-7H2,1-3H3. The van der Waals surface area contributed by atoms with Gasteiger partial charge in [0.15, 0.2) is 0 Å². The summed E-state index contributed by atoms with van der Waals surface area (Å²) in [7, 11) is 0. The number of nitrogens with zero attached hydrogens (tertiary/aromatic N) is 1. The Bertz CT molecular complexity index is 404. The van der Waals surface area contributed by atoms with Crippen LogP contribution in [0, 0.1) is 12.7 Å². The molecule has 1 unspecified atom stereocenters. The van der Waals surface area contributed by atoms with E-state index in [0.29, 0.717) is 5.56 Å². The molecule has 0 bridgehead atoms. The van der Waals surface area contributed by atoms with Gasteiger partial charge in [0.05, 0.1) is 6.10 Å². The lowest BCUT2D eigenvalue weighted by molar-refractivity contribution is 0.00114. The second-order valence-electron chi connectivity index (χ2n) is 5.81. The first kappa shape index (κ1) is 13.5. The van der Waals surface area contributed by atoms with Crippen molar-refractivity contribution in [1.82, 2.24) is 4.90 Å². The number of aryl methyl sites for hydroxylation is 1. The second kappa shape index (κ2) is 4.98. The highest BCUT2D eigenvalue weighted by Gasteiger charge is 2.36. The van der Waals surface area contributed by atoms with Gasteiger partial charge in [-0.15, -0.1) is 0 Å². The molecule has 100 valence electrons. The lowest BCUT2D eigenvalue weighted by Gasteiger charge is -2.39. The smallest absolute Gasteiger partial charge is 0.123 e. The van der Waals surface area contributed by atoms with Gasteiger partial charge in [0, 0.05) is 5.54 Å². The van der Waals surface area contributed by atoms with Crippen LogP contribution in [0.15, 0.2) is 18.2 Å². The first-order valence-corrected chi connectivity index (χ1v) is 6.61. The van der Waals surface area contributed by atoms with Gasteiger partial charge in [-0.05, 0) is 70.0 Å². The molecule has 1 N–H and O–H groups in total. The van der Waals surface area contributed by atoms with E-state index in [9.17, 15) is 9.50 Å². The molecular weight excluding hydrogens is 229 g/mol. The fraction of sp³-hybridized carbons (Fsp3) is 0.600. The predicted molar refractivity (Wildman–Crippen MR) is 71.0 cm³/mol. The van der Waals surface area contributed by atoms with Crippen LogP contribution in [-0.4, -0.2) is 28.6 Å². The van der Waals surface area contributed by atoms with Crippen molar-refractivity contribution in [1.29, 1.82) is 0 Å². The summed E-state index contributed by atoms with van der Waals surface area (Å²) in [4.78, 5) is 2.29. The van der Waals surface area contributed by atoms with Gasteiger partial charge in [0.25, 0.3) is 0 Å². The van der Waals surface area contributed by atoms with Crippen LogP contribution >= 0.6 is 0 Å². The van der Waals surface area contributed by atoms with E-state index in [-0.39, 0.29) is 11.4 Å². The molecule has 2 rings (SSSR count). The molecule has 1 heterocycles. The Balaban J connectivity index is 2.25. The van der Waals surface area contributed by atoms with E-state index in [1.54, 1.807) is 0 Å². The van der Waals surface area contributed by atoms with E-state index in [1.165, 1.54) is 25.0 Å². The molecule has 0 amide bonds. The van der Waals surface area contributed by atoms with Crippen molar-refractivity contribution in [3.05, 3.63) is 35.1 Å². The summed E-state index contributed by atoms with van der Waals surface area (Å²) in [6.45, 7) is 7.94. The van der Waals surface area contributed by atoms with Gasteiger partial charge in [0.2, 0.25) is 0 Å². The summed E-state index contributed by atoms with van der Waals surface area (Å²) in [5.41, 5.74) is 1.17. The third kappa shape index (κ3) is 2.57. The molecule has 0 aliphatic carbocycles. The molecule has 1 aliphatic heterocycles. The number of halogens is 1. The van der Waals surface area contributed by atoms with Gasteiger partial charge in [-0.1, -0.05) is 6.07 Å². The minimum absolute atomic E-state index is 0.277. The summed E-state index contributed by atoms with van der Waals surface area (Å²) in [5, 5.41) is 10.5. The number of aliphatic hydroxyl groups is 1. The normalized spacial score (nSPS) is 19.2. The Morgan fingerprint density at radius 2 is 1.83 bits per heavy atom. The molecule has 0 radical (unpaired) electrons. The average molecular weight is 251 g/mol. The average Bonchev–Trinajstić information content (AvgIpc) is 2.80. The third-order valence-corrected chi connectivity index (χ3v) is 3.97. The molecular formula is C15H22FNO. The molecule has 1 aromatic carbocycles. The number of hydrogen-bond donors (Lipinski definition) is 1. The Labute approximate surface area is 108 Å². The highest BCUT2D eigenvalue weighted by molar-refractivity contribution is 5.27. The van der Waals surface area contributed by atoms with Crippen LogP contribution in [0.3, 0.4) is 0 Å². The number of rotatable bonds is 3. The number of hydrogen-bond acceptors (Lipinski definition) is 2. The zero-order valence-corrected chi connectivity index (χ0v) is 11.4. The van der Waals surface area contributed by atoms with E-state index < -0.39 is 6.10 Å². The van der Waals surface area contributed by atoms with Crippen LogP contribution in [0.1, 0.15) is 43.9 Å². The van der Waals surface area contributed by atoms with Crippen molar-refractivity contribution in [3.8, 4) is 0 Å². The summed E-state index contributed by atoms with van der Waals surface area (Å²) in [6, 6.07) is 4.79. The van der Waals surface area contributed by atoms with Crippen molar-refractivity contribution in [3.63, 3.8) is 0 Å². The van der Waals surface area contributed by atoms with Crippen LogP contribution in [0.25, 0.3) is 0 Å². The molecule has 2 nitrogen and oxygen atoms in total. The minimum atomic E-state index is -0.662. The molecule has 1 aromatic rings. The van der Waals surface area contributed by atoms with Crippen LogP contribution in [-0.2, 0) is 0 Å². The van der Waals surface area contributed by atoms with Crippen molar-refractivity contribution in [2.24, 2.45) is 0 Å². The van der Waals surface area contributed by atoms with E-state index in [1.807, 2.05) is 26.8 Å². The zero-order chi connectivity index (χ0) is 13.3. The lowest BCUT2D eigenvalue weighted by atomic mass is 9.89. The molecule has 0 spiro atoms. The second-order valence-corrected chi connectivity index (χ2v) is 5.81. The van der Waals surface area contributed by atoms with Gasteiger partial charge >= 0.3 is 0 Å². The largest absolute Gasteiger partial charge is 0.386 e. The molecule has 1 atom stereocenters. The molecule has 1 fully saturated rings. The SMILES string of the molecule is Cc1cc(F)cc(C(O)C(C)(C)N2CCCC2)c1. The Hall–Kier alpha value is -0.930. The van der Waals surface area contributed by atoms with Crippen LogP contribution < -0.4 is 0 Å². The van der Waals surface area contributed by atoms with Crippen molar-refractivity contribution in [2.75, 3.05) is 13.1 Å². The molecule has 3 heteroatoms. The highest BCUT2D eigenvalue weighted by Crippen LogP contribution is 2.33. The van der Waals surface area contributed by atoms with Crippen molar-refractivity contribution < 1.29 is 9.50 Å². The van der Waals surface area contributed by atoms with Gasteiger partial charge in [-0.2, -0.15) is 0 Å². The van der Waals surface area contributed by atoms with E-state index in [4.69, 9.17) is 0 Å². The maximum atomic E-state index is 13.4.